The molecule has 0 spiro atoms. The van der Waals surface area contributed by atoms with Gasteiger partial charge in [0.1, 0.15) is 0 Å². The quantitative estimate of drug-likeness (QED) is 0.895. The minimum Gasteiger partial charge on any atom is -0.481 e. The molecular weight excluding hydrogens is 288 g/mol. The number of aromatic nitrogens is 1. The maximum atomic E-state index is 11.4. The number of pyridine rings is 1. The molecule has 2 N–H and O–H groups in total. The first-order valence-corrected chi connectivity index (χ1v) is 7.76. The molecule has 0 radical (unpaired) electrons. The Morgan fingerprint density at radius 1 is 1.52 bits per heavy atom. The van der Waals surface area contributed by atoms with Crippen molar-refractivity contribution >= 4 is 17.6 Å². The van der Waals surface area contributed by atoms with Crippen molar-refractivity contribution in [3.05, 3.63) is 29.0 Å². The van der Waals surface area contributed by atoms with Gasteiger partial charge in [0.2, 0.25) is 0 Å². The van der Waals surface area contributed by atoms with Crippen LogP contribution in [0, 0.1) is 17.3 Å². The third kappa shape index (κ3) is 3.38. The van der Waals surface area contributed by atoms with Gasteiger partial charge in [-0.2, -0.15) is 0 Å². The Labute approximate surface area is 130 Å². The van der Waals surface area contributed by atoms with Crippen LogP contribution in [0.4, 0.5) is 0 Å². The molecule has 3 atom stereocenters. The van der Waals surface area contributed by atoms with E-state index >= 15 is 0 Å². The van der Waals surface area contributed by atoms with Crippen molar-refractivity contribution < 1.29 is 9.90 Å². The Morgan fingerprint density at radius 3 is 2.86 bits per heavy atom. The number of hydrogen-bond donors (Lipinski definition) is 2. The summed E-state index contributed by atoms with van der Waals surface area (Å²) in [6, 6.07) is 2.22. The monoisotopic (exact) mass is 310 g/mol. The highest BCUT2D eigenvalue weighted by Gasteiger charge is 2.45. The smallest absolute Gasteiger partial charge is 0.307 e. The van der Waals surface area contributed by atoms with E-state index in [0.29, 0.717) is 24.0 Å². The fourth-order valence-corrected chi connectivity index (χ4v) is 3.50. The van der Waals surface area contributed by atoms with Crippen LogP contribution in [-0.2, 0) is 11.3 Å². The Balaban J connectivity index is 2.03. The van der Waals surface area contributed by atoms with Crippen molar-refractivity contribution in [2.75, 3.05) is 0 Å². The predicted octanol–water partition coefficient (Wildman–Crippen LogP) is 3.35. The lowest BCUT2D eigenvalue weighted by molar-refractivity contribution is -0.150. The number of rotatable bonds is 4. The number of halogens is 1. The van der Waals surface area contributed by atoms with E-state index in [-0.39, 0.29) is 17.3 Å². The zero-order valence-electron chi connectivity index (χ0n) is 12.8. The lowest BCUT2D eigenvalue weighted by atomic mass is 9.61. The molecule has 4 nitrogen and oxygen atoms in total. The highest BCUT2D eigenvalue weighted by Crippen LogP contribution is 2.45. The molecule has 5 heteroatoms. The van der Waals surface area contributed by atoms with E-state index in [4.69, 9.17) is 11.6 Å². The van der Waals surface area contributed by atoms with Crippen molar-refractivity contribution in [1.29, 1.82) is 0 Å². The maximum absolute atomic E-state index is 11.4. The van der Waals surface area contributed by atoms with Crippen LogP contribution in [0.15, 0.2) is 18.5 Å². The van der Waals surface area contributed by atoms with Gasteiger partial charge in [0, 0.05) is 25.0 Å². The first-order valence-electron chi connectivity index (χ1n) is 7.38. The molecule has 1 aliphatic rings. The SMILES string of the molecule is CC1C(NCc2ccncc2Cl)CCC(C(=O)O)C1(C)C. The minimum atomic E-state index is -0.678. The molecule has 0 aliphatic heterocycles. The Bertz CT molecular complexity index is 519. The van der Waals surface area contributed by atoms with Crippen molar-refractivity contribution in [3.8, 4) is 0 Å². The van der Waals surface area contributed by atoms with E-state index < -0.39 is 5.97 Å². The van der Waals surface area contributed by atoms with E-state index in [1.165, 1.54) is 0 Å². The van der Waals surface area contributed by atoms with Crippen LogP contribution in [0.5, 0.6) is 0 Å². The number of carboxylic acid groups (broad SMARTS) is 1. The number of carboxylic acids is 1. The van der Waals surface area contributed by atoms with Gasteiger partial charge in [-0.15, -0.1) is 0 Å². The van der Waals surface area contributed by atoms with Crippen LogP contribution in [-0.4, -0.2) is 22.1 Å². The summed E-state index contributed by atoms with van der Waals surface area (Å²) < 4.78 is 0. The summed E-state index contributed by atoms with van der Waals surface area (Å²) in [6.07, 6.45) is 4.98. The molecular formula is C16H23ClN2O2. The number of nitrogens with zero attached hydrogens (tertiary/aromatic N) is 1. The second kappa shape index (κ2) is 6.32. The lowest BCUT2D eigenvalue weighted by Crippen LogP contribution is -2.50. The van der Waals surface area contributed by atoms with E-state index in [2.05, 4.69) is 31.1 Å². The topological polar surface area (TPSA) is 62.2 Å². The van der Waals surface area contributed by atoms with Gasteiger partial charge in [-0.1, -0.05) is 32.4 Å². The average Bonchev–Trinajstić information content (AvgIpc) is 2.41. The molecule has 1 heterocycles. The summed E-state index contributed by atoms with van der Waals surface area (Å²) in [5, 5.41) is 13.6. The summed E-state index contributed by atoms with van der Waals surface area (Å²) >= 11 is 6.12. The van der Waals surface area contributed by atoms with Gasteiger partial charge in [0.25, 0.3) is 0 Å². The van der Waals surface area contributed by atoms with Crippen molar-refractivity contribution in [1.82, 2.24) is 10.3 Å². The van der Waals surface area contributed by atoms with Crippen molar-refractivity contribution in [2.45, 2.75) is 46.2 Å². The molecule has 116 valence electrons. The summed E-state index contributed by atoms with van der Waals surface area (Å²) in [7, 11) is 0. The summed E-state index contributed by atoms with van der Waals surface area (Å²) in [4.78, 5) is 15.4. The Kier molecular flexibility index (Phi) is 4.89. The van der Waals surface area contributed by atoms with Gasteiger partial charge in [0.05, 0.1) is 10.9 Å². The molecule has 21 heavy (non-hydrogen) atoms. The third-order valence-electron chi connectivity index (χ3n) is 5.15. The highest BCUT2D eigenvalue weighted by molar-refractivity contribution is 6.31. The fraction of sp³-hybridized carbons (Fsp3) is 0.625. The molecule has 0 amide bonds. The summed E-state index contributed by atoms with van der Waals surface area (Å²) in [6.45, 7) is 6.94. The van der Waals surface area contributed by atoms with Gasteiger partial charge in [0.15, 0.2) is 0 Å². The van der Waals surface area contributed by atoms with Gasteiger partial charge in [-0.25, -0.2) is 0 Å². The number of nitrogens with one attached hydrogen (secondary N) is 1. The zero-order valence-corrected chi connectivity index (χ0v) is 13.5. The van der Waals surface area contributed by atoms with E-state index in [9.17, 15) is 9.90 Å². The molecule has 0 aromatic carbocycles. The second-order valence-corrected chi connectivity index (χ2v) is 6.94. The number of hydrogen-bond acceptors (Lipinski definition) is 3. The fourth-order valence-electron chi connectivity index (χ4n) is 3.31. The van der Waals surface area contributed by atoms with Gasteiger partial charge >= 0.3 is 5.97 Å². The molecule has 1 aromatic heterocycles. The van der Waals surface area contributed by atoms with E-state index in [1.54, 1.807) is 12.4 Å². The van der Waals surface area contributed by atoms with Crippen LogP contribution in [0.3, 0.4) is 0 Å². The lowest BCUT2D eigenvalue weighted by Gasteiger charge is -2.46. The molecule has 1 fully saturated rings. The second-order valence-electron chi connectivity index (χ2n) is 6.53. The minimum absolute atomic E-state index is 0.218. The van der Waals surface area contributed by atoms with Crippen LogP contribution in [0.1, 0.15) is 39.2 Å². The predicted molar refractivity (Wildman–Crippen MR) is 83.2 cm³/mol. The van der Waals surface area contributed by atoms with E-state index in [0.717, 1.165) is 12.0 Å². The van der Waals surface area contributed by atoms with Crippen LogP contribution in [0.25, 0.3) is 0 Å². The van der Waals surface area contributed by atoms with Crippen LogP contribution >= 0.6 is 11.6 Å². The standard InChI is InChI=1S/C16H23ClN2O2/c1-10-14(5-4-12(15(20)21)16(10,2)3)19-8-11-6-7-18-9-13(11)17/h6-7,9-10,12,14,19H,4-5,8H2,1-3H3,(H,20,21). The van der Waals surface area contributed by atoms with Gasteiger partial charge in [-0.05, 0) is 35.8 Å². The Hall–Kier alpha value is -1.13. The molecule has 1 saturated carbocycles. The number of aliphatic carboxylic acids is 1. The Morgan fingerprint density at radius 2 is 2.24 bits per heavy atom. The molecule has 0 saturated heterocycles. The first-order chi connectivity index (χ1) is 9.84. The molecule has 0 bridgehead atoms. The average molecular weight is 311 g/mol. The van der Waals surface area contributed by atoms with Gasteiger partial charge < -0.3 is 10.4 Å². The van der Waals surface area contributed by atoms with Crippen LogP contribution < -0.4 is 5.32 Å². The maximum Gasteiger partial charge on any atom is 0.307 e. The summed E-state index contributed by atoms with van der Waals surface area (Å²) in [5.41, 5.74) is 0.807. The van der Waals surface area contributed by atoms with E-state index in [1.807, 2.05) is 6.07 Å². The largest absolute Gasteiger partial charge is 0.481 e. The first kappa shape index (κ1) is 16.2. The molecule has 2 rings (SSSR count). The highest BCUT2D eigenvalue weighted by atomic mass is 35.5. The normalized spacial score (nSPS) is 28.3. The zero-order chi connectivity index (χ0) is 15.6. The van der Waals surface area contributed by atoms with Crippen LogP contribution in [0.2, 0.25) is 5.02 Å². The molecule has 1 aromatic rings. The third-order valence-corrected chi connectivity index (χ3v) is 5.49. The molecule has 3 unspecified atom stereocenters. The van der Waals surface area contributed by atoms with Gasteiger partial charge in [-0.3, -0.25) is 9.78 Å². The van der Waals surface area contributed by atoms with Crippen molar-refractivity contribution in [3.63, 3.8) is 0 Å². The number of carbonyl (C=O) groups is 1. The molecule has 1 aliphatic carbocycles. The van der Waals surface area contributed by atoms with Crippen molar-refractivity contribution in [2.24, 2.45) is 17.3 Å². The summed E-state index contributed by atoms with van der Waals surface area (Å²) in [5.74, 6) is -0.662.